The number of nitrogens with one attached hydrogen (secondary N) is 1. The van der Waals surface area contributed by atoms with Crippen molar-refractivity contribution in [1.29, 1.82) is 0 Å². The minimum atomic E-state index is -1.04. The minimum Gasteiger partial charge on any atom is -0.483 e. The third-order valence-corrected chi connectivity index (χ3v) is 5.49. The number of nitrogens with two attached hydrogens (primary N) is 2. The normalized spacial score (nSPS) is 13.5. The Hall–Kier alpha value is -3.06. The molecule has 0 radical (unpaired) electrons. The van der Waals surface area contributed by atoms with E-state index in [1.54, 1.807) is 6.07 Å². The minimum absolute atomic E-state index is 0.0281. The molecule has 1 aromatic carbocycles. The van der Waals surface area contributed by atoms with Crippen molar-refractivity contribution in [2.45, 2.75) is 38.6 Å². The molecule has 0 aliphatic carbocycles. The second kappa shape index (κ2) is 16.6. The van der Waals surface area contributed by atoms with Crippen molar-refractivity contribution in [2.75, 3.05) is 59.3 Å². The van der Waals surface area contributed by atoms with Crippen LogP contribution in [0.25, 0.3) is 0 Å². The van der Waals surface area contributed by atoms with E-state index >= 15 is 0 Å². The van der Waals surface area contributed by atoms with Crippen molar-refractivity contribution in [2.24, 2.45) is 11.5 Å². The van der Waals surface area contributed by atoms with Crippen molar-refractivity contribution in [3.05, 3.63) is 29.3 Å². The number of fused-ring (bicyclic) bond motifs is 1. The third-order valence-electron chi connectivity index (χ3n) is 5.49. The van der Waals surface area contributed by atoms with Gasteiger partial charge in [-0.2, -0.15) is 0 Å². The Bertz CT molecular complexity index is 911. The van der Waals surface area contributed by atoms with Crippen LogP contribution in [0, 0.1) is 0 Å². The lowest BCUT2D eigenvalue weighted by molar-refractivity contribution is -0.123. The Morgan fingerprint density at radius 2 is 1.62 bits per heavy atom. The van der Waals surface area contributed by atoms with E-state index in [0.717, 1.165) is 11.3 Å². The fourth-order valence-electron chi connectivity index (χ4n) is 3.67. The van der Waals surface area contributed by atoms with E-state index in [4.69, 9.17) is 30.4 Å². The molecule has 0 bridgehead atoms. The topological polar surface area (TPSA) is 173 Å². The van der Waals surface area contributed by atoms with Crippen molar-refractivity contribution in [3.63, 3.8) is 0 Å². The maximum Gasteiger partial charge on any atom is 0.266 e. The van der Waals surface area contributed by atoms with Gasteiger partial charge in [-0.25, -0.2) is 0 Å². The Balaban J connectivity index is 1.68. The monoisotopic (exact) mass is 522 g/mol. The van der Waals surface area contributed by atoms with Crippen molar-refractivity contribution in [1.82, 2.24) is 10.2 Å². The summed E-state index contributed by atoms with van der Waals surface area (Å²) in [7, 11) is 0. The molecule has 0 fully saturated rings. The van der Waals surface area contributed by atoms with Gasteiger partial charge in [-0.1, -0.05) is 19.4 Å². The number of rotatable bonds is 20. The van der Waals surface area contributed by atoms with Gasteiger partial charge in [-0.05, 0) is 37.9 Å². The lowest BCUT2D eigenvalue weighted by atomic mass is 10.1. The van der Waals surface area contributed by atoms with Gasteiger partial charge in [0.25, 0.3) is 17.7 Å². The smallest absolute Gasteiger partial charge is 0.266 e. The van der Waals surface area contributed by atoms with E-state index in [-0.39, 0.29) is 35.8 Å². The summed E-state index contributed by atoms with van der Waals surface area (Å²) >= 11 is 0. The van der Waals surface area contributed by atoms with Gasteiger partial charge in [0.1, 0.15) is 11.8 Å². The van der Waals surface area contributed by atoms with Gasteiger partial charge in [-0.3, -0.25) is 24.1 Å². The predicted octanol–water partition coefficient (Wildman–Crippen LogP) is 0.220. The van der Waals surface area contributed by atoms with Gasteiger partial charge in [0.05, 0.1) is 37.6 Å². The number of carbonyl (C=O) groups excluding carboxylic acids is 4. The van der Waals surface area contributed by atoms with Crippen LogP contribution in [-0.4, -0.2) is 93.9 Å². The van der Waals surface area contributed by atoms with Crippen LogP contribution in [0.15, 0.2) is 18.2 Å². The van der Waals surface area contributed by atoms with Gasteiger partial charge in [0.15, 0.2) is 6.61 Å². The Morgan fingerprint density at radius 3 is 2.24 bits per heavy atom. The quantitative estimate of drug-likeness (QED) is 0.160. The fraction of sp³-hybridized carbons (Fsp3) is 0.600. The summed E-state index contributed by atoms with van der Waals surface area (Å²) in [6, 6.07) is 3.50. The molecule has 2 rings (SSSR count). The predicted molar refractivity (Wildman–Crippen MR) is 134 cm³/mol. The molecule has 12 nitrogen and oxygen atoms in total. The van der Waals surface area contributed by atoms with Crippen molar-refractivity contribution >= 4 is 23.6 Å². The van der Waals surface area contributed by atoms with Gasteiger partial charge >= 0.3 is 0 Å². The summed E-state index contributed by atoms with van der Waals surface area (Å²) in [5.41, 5.74) is 11.0. The van der Waals surface area contributed by atoms with Crippen LogP contribution in [0.4, 0.5) is 0 Å². The molecule has 1 aliphatic rings. The molecule has 0 saturated heterocycles. The van der Waals surface area contributed by atoms with E-state index in [0.29, 0.717) is 65.6 Å². The van der Waals surface area contributed by atoms with Crippen molar-refractivity contribution in [3.8, 4) is 5.75 Å². The van der Waals surface area contributed by atoms with Crippen LogP contribution in [0.2, 0.25) is 0 Å². The average Bonchev–Trinajstić information content (AvgIpc) is 3.14. The first-order valence-corrected chi connectivity index (χ1v) is 12.5. The first-order valence-electron chi connectivity index (χ1n) is 12.5. The molecular formula is C25H38N4O8. The number of amides is 4. The summed E-state index contributed by atoms with van der Waals surface area (Å²) in [4.78, 5) is 50.7. The van der Waals surface area contributed by atoms with Gasteiger partial charge < -0.3 is 35.7 Å². The molecule has 206 valence electrons. The van der Waals surface area contributed by atoms with E-state index in [9.17, 15) is 19.2 Å². The number of hydrogen-bond acceptors (Lipinski definition) is 9. The highest BCUT2D eigenvalue weighted by Crippen LogP contribution is 2.32. The number of carbonyl (C=O) groups is 4. The van der Waals surface area contributed by atoms with Crippen LogP contribution in [0.1, 0.15) is 53.3 Å². The molecule has 0 spiro atoms. The number of primary amides is 1. The standard InChI is InChI=1S/C25H38N4O8/c1-2-6-19(23(27)31)29-24(32)18-7-3-8-20(22(18)25(29)33)37-17-21(30)28-10-5-12-35-14-16-36-15-13-34-11-4-9-26/h3,7-8,19H,2,4-6,9-17,26H2,1H3,(H2,27,31)(H,28,30). The lowest BCUT2D eigenvalue weighted by Gasteiger charge is -2.22. The summed E-state index contributed by atoms with van der Waals surface area (Å²) in [5, 5.41) is 2.71. The van der Waals surface area contributed by atoms with Crippen LogP contribution < -0.4 is 21.5 Å². The van der Waals surface area contributed by atoms with Crippen LogP contribution in [-0.2, 0) is 23.8 Å². The molecule has 37 heavy (non-hydrogen) atoms. The third kappa shape index (κ3) is 9.39. The molecule has 0 aromatic heterocycles. The molecule has 0 saturated carbocycles. The largest absolute Gasteiger partial charge is 0.483 e. The molecule has 1 aromatic rings. The van der Waals surface area contributed by atoms with E-state index < -0.39 is 23.8 Å². The van der Waals surface area contributed by atoms with E-state index in [1.165, 1.54) is 12.1 Å². The van der Waals surface area contributed by atoms with Crippen LogP contribution in [0.5, 0.6) is 5.75 Å². The average molecular weight is 523 g/mol. The highest BCUT2D eigenvalue weighted by molar-refractivity contribution is 6.24. The van der Waals surface area contributed by atoms with Crippen molar-refractivity contribution < 1.29 is 38.1 Å². The Morgan fingerprint density at radius 1 is 0.973 bits per heavy atom. The molecule has 1 atom stereocenters. The van der Waals surface area contributed by atoms with Crippen LogP contribution >= 0.6 is 0 Å². The highest BCUT2D eigenvalue weighted by atomic mass is 16.5. The lowest BCUT2D eigenvalue weighted by Crippen LogP contribution is -2.47. The van der Waals surface area contributed by atoms with E-state index in [2.05, 4.69) is 5.32 Å². The molecule has 1 heterocycles. The van der Waals surface area contributed by atoms with Gasteiger partial charge in [-0.15, -0.1) is 0 Å². The second-order valence-corrected chi connectivity index (χ2v) is 8.34. The fourth-order valence-corrected chi connectivity index (χ4v) is 3.67. The summed E-state index contributed by atoms with van der Waals surface area (Å²) in [6.07, 6.45) is 2.26. The number of imide groups is 1. The zero-order chi connectivity index (χ0) is 27.0. The molecule has 5 N–H and O–H groups in total. The van der Waals surface area contributed by atoms with Crippen LogP contribution in [0.3, 0.4) is 0 Å². The second-order valence-electron chi connectivity index (χ2n) is 8.34. The first-order chi connectivity index (χ1) is 17.9. The summed E-state index contributed by atoms with van der Waals surface area (Å²) < 4.78 is 21.7. The zero-order valence-corrected chi connectivity index (χ0v) is 21.4. The van der Waals surface area contributed by atoms with E-state index in [1.807, 2.05) is 6.92 Å². The molecule has 1 unspecified atom stereocenters. The Labute approximate surface area is 216 Å². The summed E-state index contributed by atoms with van der Waals surface area (Å²) in [6.45, 7) is 5.48. The maximum atomic E-state index is 13.0. The molecule has 4 amide bonds. The Kier molecular flexibility index (Phi) is 13.6. The summed E-state index contributed by atoms with van der Waals surface area (Å²) in [5.74, 6) is -2.30. The number of nitrogens with zero attached hydrogens (tertiary/aromatic N) is 1. The number of benzene rings is 1. The SMILES string of the molecule is CCCC(C(N)=O)N1C(=O)c2cccc(OCC(=O)NCCCOCCOCCOCCCN)c2C1=O. The van der Waals surface area contributed by atoms with Gasteiger partial charge in [0.2, 0.25) is 5.91 Å². The number of hydrogen-bond donors (Lipinski definition) is 3. The molecular weight excluding hydrogens is 484 g/mol. The molecule has 12 heteroatoms. The highest BCUT2D eigenvalue weighted by Gasteiger charge is 2.43. The maximum absolute atomic E-state index is 13.0. The van der Waals surface area contributed by atoms with Gasteiger partial charge in [0, 0.05) is 19.8 Å². The zero-order valence-electron chi connectivity index (χ0n) is 21.4. The number of ether oxygens (including phenoxy) is 4. The first kappa shape index (κ1) is 30.2. The molecule has 1 aliphatic heterocycles.